The summed E-state index contributed by atoms with van der Waals surface area (Å²) in [5, 5.41) is 0. The Bertz CT molecular complexity index is 708. The number of hydrogen-bond donors (Lipinski definition) is 0. The zero-order chi connectivity index (χ0) is 18.0. The van der Waals surface area contributed by atoms with Crippen molar-refractivity contribution >= 4 is 0 Å². The third kappa shape index (κ3) is 3.82. The smallest absolute Gasteiger partial charge is 0.122 e. The molecule has 6 nitrogen and oxygen atoms in total. The summed E-state index contributed by atoms with van der Waals surface area (Å²) in [6.07, 6.45) is 11.0. The van der Waals surface area contributed by atoms with Gasteiger partial charge in [-0.3, -0.25) is 14.8 Å². The Kier molecular flexibility index (Phi) is 5.07. The van der Waals surface area contributed by atoms with E-state index in [4.69, 9.17) is 4.74 Å². The fourth-order valence-electron chi connectivity index (χ4n) is 4.22. The second-order valence-corrected chi connectivity index (χ2v) is 7.85. The van der Waals surface area contributed by atoms with E-state index in [2.05, 4.69) is 50.6 Å². The van der Waals surface area contributed by atoms with Gasteiger partial charge in [0.2, 0.25) is 0 Å². The van der Waals surface area contributed by atoms with Crippen LogP contribution < -0.4 is 0 Å². The van der Waals surface area contributed by atoms with Gasteiger partial charge in [-0.05, 0) is 44.0 Å². The number of rotatable bonds is 5. The van der Waals surface area contributed by atoms with Crippen molar-refractivity contribution < 1.29 is 4.74 Å². The summed E-state index contributed by atoms with van der Waals surface area (Å²) in [6, 6.07) is 4.69. The van der Waals surface area contributed by atoms with E-state index in [1.165, 1.54) is 5.56 Å². The fourth-order valence-corrected chi connectivity index (χ4v) is 4.22. The monoisotopic (exact) mass is 355 g/mol. The Morgan fingerprint density at radius 3 is 2.69 bits per heavy atom. The highest BCUT2D eigenvalue weighted by Crippen LogP contribution is 2.37. The topological polar surface area (TPSA) is 46.4 Å². The highest BCUT2D eigenvalue weighted by molar-refractivity contribution is 5.10. The van der Waals surface area contributed by atoms with Crippen LogP contribution in [0.3, 0.4) is 0 Å². The Morgan fingerprint density at radius 2 is 2.00 bits per heavy atom. The maximum atomic E-state index is 6.36. The van der Waals surface area contributed by atoms with Crippen molar-refractivity contribution in [1.82, 2.24) is 24.3 Å². The quantitative estimate of drug-likeness (QED) is 0.822. The van der Waals surface area contributed by atoms with Crippen molar-refractivity contribution in [3.05, 3.63) is 48.3 Å². The predicted molar refractivity (Wildman–Crippen MR) is 101 cm³/mol. The first-order valence-electron chi connectivity index (χ1n) is 9.55. The van der Waals surface area contributed by atoms with Crippen LogP contribution in [-0.4, -0.2) is 62.7 Å². The first-order valence-corrected chi connectivity index (χ1v) is 9.55. The summed E-state index contributed by atoms with van der Waals surface area (Å²) in [6.45, 7) is 4.92. The molecule has 0 aromatic carbocycles. The molecule has 2 saturated heterocycles. The Balaban J connectivity index is 1.29. The fraction of sp³-hybridized carbons (Fsp3) is 0.600. The zero-order valence-electron chi connectivity index (χ0n) is 15.8. The van der Waals surface area contributed by atoms with E-state index < -0.39 is 0 Å². The van der Waals surface area contributed by atoms with Crippen LogP contribution in [0.15, 0.2) is 36.9 Å². The second kappa shape index (κ2) is 7.47. The van der Waals surface area contributed by atoms with Crippen molar-refractivity contribution in [2.75, 3.05) is 26.7 Å². The van der Waals surface area contributed by atoms with Crippen LogP contribution in [-0.2, 0) is 24.9 Å². The number of hydrogen-bond acceptors (Lipinski definition) is 5. The molecular formula is C20H29N5O. The maximum Gasteiger partial charge on any atom is 0.122 e. The van der Waals surface area contributed by atoms with Gasteiger partial charge in [-0.15, -0.1) is 0 Å². The summed E-state index contributed by atoms with van der Waals surface area (Å²) < 4.78 is 8.47. The minimum Gasteiger partial charge on any atom is -0.373 e. The second-order valence-electron chi connectivity index (χ2n) is 7.85. The molecule has 0 unspecified atom stereocenters. The van der Waals surface area contributed by atoms with Crippen molar-refractivity contribution in [2.45, 2.75) is 44.0 Å². The van der Waals surface area contributed by atoms with Crippen molar-refractivity contribution in [2.24, 2.45) is 7.05 Å². The lowest BCUT2D eigenvalue weighted by Crippen LogP contribution is -2.44. The van der Waals surface area contributed by atoms with Gasteiger partial charge in [0.25, 0.3) is 0 Å². The lowest BCUT2D eigenvalue weighted by atomic mass is 9.87. The predicted octanol–water partition coefficient (Wildman–Crippen LogP) is 2.07. The van der Waals surface area contributed by atoms with E-state index in [9.17, 15) is 0 Å². The maximum absolute atomic E-state index is 6.36. The van der Waals surface area contributed by atoms with Crippen LogP contribution in [0.4, 0.5) is 0 Å². The van der Waals surface area contributed by atoms with Gasteiger partial charge in [0, 0.05) is 57.5 Å². The Morgan fingerprint density at radius 1 is 1.23 bits per heavy atom. The molecule has 0 bridgehead atoms. The van der Waals surface area contributed by atoms with Gasteiger partial charge in [0.15, 0.2) is 0 Å². The number of likely N-dealkylation sites (N-methyl/N-ethyl adjacent to an activating group) is 1. The number of piperidine rings is 1. The molecule has 4 rings (SSSR count). The molecule has 0 N–H and O–H groups in total. The van der Waals surface area contributed by atoms with Gasteiger partial charge in [-0.1, -0.05) is 0 Å². The highest BCUT2D eigenvalue weighted by atomic mass is 16.5. The van der Waals surface area contributed by atoms with Crippen molar-refractivity contribution in [3.8, 4) is 0 Å². The van der Waals surface area contributed by atoms with E-state index in [0.29, 0.717) is 6.04 Å². The summed E-state index contributed by atoms with van der Waals surface area (Å²) in [7, 11) is 4.28. The largest absolute Gasteiger partial charge is 0.373 e. The molecule has 4 heterocycles. The van der Waals surface area contributed by atoms with Crippen LogP contribution in [0.25, 0.3) is 0 Å². The average Bonchev–Trinajstić information content (AvgIpc) is 3.25. The lowest BCUT2D eigenvalue weighted by molar-refractivity contribution is -0.0457. The zero-order valence-corrected chi connectivity index (χ0v) is 15.8. The summed E-state index contributed by atoms with van der Waals surface area (Å²) in [5.74, 6) is 1.14. The van der Waals surface area contributed by atoms with Gasteiger partial charge in [-0.2, -0.15) is 0 Å². The average molecular weight is 355 g/mol. The lowest BCUT2D eigenvalue weighted by Gasteiger charge is -2.38. The van der Waals surface area contributed by atoms with Gasteiger partial charge >= 0.3 is 0 Å². The van der Waals surface area contributed by atoms with Crippen molar-refractivity contribution in [1.29, 1.82) is 0 Å². The summed E-state index contributed by atoms with van der Waals surface area (Å²) in [4.78, 5) is 13.5. The number of pyridine rings is 1. The molecule has 140 valence electrons. The Hall–Kier alpha value is -1.76. The molecule has 0 radical (unpaired) electrons. The third-order valence-corrected chi connectivity index (χ3v) is 6.05. The van der Waals surface area contributed by atoms with E-state index in [-0.39, 0.29) is 5.60 Å². The van der Waals surface area contributed by atoms with Gasteiger partial charge in [0.05, 0.1) is 18.8 Å². The van der Waals surface area contributed by atoms with E-state index >= 15 is 0 Å². The number of imidazole rings is 1. The SMILES string of the molecule is CN(Cc1ccncc1)[C@H]1COC2(CCN(Cc3nccn3C)CC2)C1. The number of aromatic nitrogens is 3. The van der Waals surface area contributed by atoms with Gasteiger partial charge < -0.3 is 9.30 Å². The molecule has 26 heavy (non-hydrogen) atoms. The molecular weight excluding hydrogens is 326 g/mol. The minimum absolute atomic E-state index is 0.0787. The standard InChI is InChI=1S/C20H29N5O/c1-23-12-9-22-19(23)15-25-10-5-20(6-11-25)13-18(16-26-20)24(2)14-17-3-7-21-8-4-17/h3-4,7-9,12,18H,5-6,10-11,13-16H2,1-2H3/t18-/m1/s1. The normalized spacial score (nSPS) is 23.1. The third-order valence-electron chi connectivity index (χ3n) is 6.05. The van der Waals surface area contributed by atoms with Crippen LogP contribution >= 0.6 is 0 Å². The number of likely N-dealkylation sites (tertiary alicyclic amines) is 1. The van der Waals surface area contributed by atoms with Gasteiger partial charge in [-0.25, -0.2) is 4.98 Å². The molecule has 2 fully saturated rings. The van der Waals surface area contributed by atoms with Crippen LogP contribution in [0, 0.1) is 0 Å². The molecule has 2 aliphatic heterocycles. The van der Waals surface area contributed by atoms with E-state index in [1.807, 2.05) is 24.8 Å². The molecule has 0 aliphatic carbocycles. The van der Waals surface area contributed by atoms with E-state index in [0.717, 1.165) is 57.9 Å². The molecule has 6 heteroatoms. The van der Waals surface area contributed by atoms with Crippen molar-refractivity contribution in [3.63, 3.8) is 0 Å². The molecule has 1 atom stereocenters. The highest BCUT2D eigenvalue weighted by Gasteiger charge is 2.43. The molecule has 2 aromatic heterocycles. The van der Waals surface area contributed by atoms with Crippen LogP contribution in [0.2, 0.25) is 0 Å². The molecule has 1 spiro atoms. The molecule has 0 amide bonds. The van der Waals surface area contributed by atoms with Gasteiger partial charge in [0.1, 0.15) is 5.82 Å². The Labute approximate surface area is 155 Å². The first-order chi connectivity index (χ1) is 12.6. The summed E-state index contributed by atoms with van der Waals surface area (Å²) >= 11 is 0. The molecule has 0 saturated carbocycles. The number of aryl methyl sites for hydroxylation is 1. The molecule has 2 aliphatic rings. The minimum atomic E-state index is 0.0787. The molecule has 2 aromatic rings. The van der Waals surface area contributed by atoms with E-state index in [1.54, 1.807) is 0 Å². The first kappa shape index (κ1) is 17.6. The number of nitrogens with zero attached hydrogens (tertiary/aromatic N) is 5. The van der Waals surface area contributed by atoms with Crippen LogP contribution in [0.1, 0.15) is 30.7 Å². The number of ether oxygens (including phenoxy) is 1. The summed E-state index contributed by atoms with van der Waals surface area (Å²) in [5.41, 5.74) is 1.39. The van der Waals surface area contributed by atoms with Crippen LogP contribution in [0.5, 0.6) is 0 Å².